The number of hydrogen-bond acceptors (Lipinski definition) is 1. The van der Waals surface area contributed by atoms with Crippen molar-refractivity contribution in [3.05, 3.63) is 121 Å². The summed E-state index contributed by atoms with van der Waals surface area (Å²) in [6, 6.07) is 33.3. The summed E-state index contributed by atoms with van der Waals surface area (Å²) in [5.74, 6) is 0. The molecule has 6 rings (SSSR count). The summed E-state index contributed by atoms with van der Waals surface area (Å²) >= 11 is 0. The summed E-state index contributed by atoms with van der Waals surface area (Å²) in [5, 5.41) is 7.80. The van der Waals surface area contributed by atoms with Gasteiger partial charge in [-0.15, -0.1) is 0 Å². The summed E-state index contributed by atoms with van der Waals surface area (Å²) in [4.78, 5) is 0. The Bertz CT molecular complexity index is 1800. The van der Waals surface area contributed by atoms with Crippen molar-refractivity contribution < 1.29 is 0 Å². The van der Waals surface area contributed by atoms with Crippen molar-refractivity contribution in [1.82, 2.24) is 0 Å². The topological polar surface area (TPSA) is 26.0 Å². The molecule has 0 amide bonds. The van der Waals surface area contributed by atoms with Crippen LogP contribution in [0.5, 0.6) is 0 Å². The number of benzene rings is 6. The second-order valence-electron chi connectivity index (χ2n) is 10.9. The van der Waals surface area contributed by atoms with Crippen molar-refractivity contribution in [2.75, 3.05) is 5.73 Å². The van der Waals surface area contributed by atoms with Crippen molar-refractivity contribution in [3.8, 4) is 22.3 Å². The second kappa shape index (κ2) is 8.64. The first-order valence-corrected chi connectivity index (χ1v) is 12.9. The van der Waals surface area contributed by atoms with Gasteiger partial charge in [0.05, 0.1) is 0 Å². The Morgan fingerprint density at radius 3 is 1.95 bits per heavy atom. The second-order valence-corrected chi connectivity index (χ2v) is 10.9. The van der Waals surface area contributed by atoms with Crippen molar-refractivity contribution in [1.29, 1.82) is 0 Å². The maximum atomic E-state index is 6.32. The molecule has 0 aromatic heterocycles. The third-order valence-electron chi connectivity index (χ3n) is 7.48. The third kappa shape index (κ3) is 3.88. The maximum Gasteiger partial charge on any atom is 0.0388 e. The summed E-state index contributed by atoms with van der Waals surface area (Å²) in [6.45, 7) is 10.7. The van der Waals surface area contributed by atoms with Crippen molar-refractivity contribution in [2.45, 2.75) is 26.2 Å². The molecule has 0 radical (unpaired) electrons. The van der Waals surface area contributed by atoms with Crippen LogP contribution in [-0.2, 0) is 5.41 Å². The molecule has 37 heavy (non-hydrogen) atoms. The highest BCUT2D eigenvalue weighted by Gasteiger charge is 2.20. The van der Waals surface area contributed by atoms with Gasteiger partial charge in [-0.2, -0.15) is 0 Å². The molecule has 1 heteroatoms. The van der Waals surface area contributed by atoms with E-state index in [1.807, 2.05) is 18.2 Å². The predicted octanol–water partition coefficient (Wildman–Crippen LogP) is 10.00. The molecule has 0 saturated heterocycles. The van der Waals surface area contributed by atoms with Crippen LogP contribution in [-0.4, -0.2) is 0 Å². The average molecular weight is 478 g/mol. The van der Waals surface area contributed by atoms with E-state index in [1.165, 1.54) is 54.6 Å². The van der Waals surface area contributed by atoms with Crippen LogP contribution in [0, 0.1) is 0 Å². The van der Waals surface area contributed by atoms with Crippen LogP contribution in [0.2, 0.25) is 0 Å². The van der Waals surface area contributed by atoms with Crippen molar-refractivity contribution >= 4 is 44.1 Å². The van der Waals surface area contributed by atoms with E-state index in [2.05, 4.69) is 112 Å². The van der Waals surface area contributed by atoms with Gasteiger partial charge in [0.15, 0.2) is 0 Å². The molecule has 0 aliphatic carbocycles. The minimum Gasteiger partial charge on any atom is -0.398 e. The Kier molecular flexibility index (Phi) is 5.38. The highest BCUT2D eigenvalue weighted by atomic mass is 14.6. The van der Waals surface area contributed by atoms with Gasteiger partial charge in [0.25, 0.3) is 0 Å². The zero-order chi connectivity index (χ0) is 25.7. The molecule has 0 unspecified atom stereocenters. The Balaban J connectivity index is 1.74. The van der Waals surface area contributed by atoms with Crippen molar-refractivity contribution in [3.63, 3.8) is 0 Å². The van der Waals surface area contributed by atoms with Gasteiger partial charge in [-0.25, -0.2) is 0 Å². The quantitative estimate of drug-likeness (QED) is 0.153. The fourth-order valence-electron chi connectivity index (χ4n) is 5.50. The minimum absolute atomic E-state index is 0.0874. The molecule has 0 heterocycles. The zero-order valence-corrected chi connectivity index (χ0v) is 21.7. The van der Waals surface area contributed by atoms with Gasteiger partial charge in [0.2, 0.25) is 0 Å². The molecular weight excluding hydrogens is 446 g/mol. The third-order valence-corrected chi connectivity index (χ3v) is 7.48. The monoisotopic (exact) mass is 477 g/mol. The maximum absolute atomic E-state index is 6.32. The van der Waals surface area contributed by atoms with Gasteiger partial charge in [0, 0.05) is 5.69 Å². The normalized spacial score (nSPS) is 12.3. The molecule has 6 aromatic carbocycles. The molecule has 2 N–H and O–H groups in total. The molecular formula is C36H31N. The van der Waals surface area contributed by atoms with E-state index in [9.17, 15) is 0 Å². The Labute approximate surface area is 218 Å². The van der Waals surface area contributed by atoms with Crippen LogP contribution >= 0.6 is 0 Å². The van der Waals surface area contributed by atoms with Gasteiger partial charge in [0.1, 0.15) is 0 Å². The molecule has 0 fully saturated rings. The highest BCUT2D eigenvalue weighted by molar-refractivity contribution is 6.28. The number of rotatable bonds is 4. The molecule has 6 aromatic rings. The molecule has 1 nitrogen and oxygen atoms in total. The van der Waals surface area contributed by atoms with E-state index in [-0.39, 0.29) is 5.41 Å². The molecule has 0 aliphatic rings. The fourth-order valence-corrected chi connectivity index (χ4v) is 5.50. The standard InChI is InChI=1S/C36H31N/c1-5-6-10-25-19-24(15-18-33(25)37)32-22-31(23-11-8-7-9-12-23)29-16-13-26-20-28(36(2,3)4)21-27-14-17-30(32)35(29)34(26)27/h5-22H,1,37H2,2-4H3/b10-6-. The number of allylic oxidation sites excluding steroid dienone is 2. The smallest absolute Gasteiger partial charge is 0.0388 e. The zero-order valence-electron chi connectivity index (χ0n) is 21.7. The first-order chi connectivity index (χ1) is 17.8. The van der Waals surface area contributed by atoms with Gasteiger partial charge < -0.3 is 5.73 Å². The van der Waals surface area contributed by atoms with E-state index in [0.717, 1.165) is 16.8 Å². The average Bonchev–Trinajstić information content (AvgIpc) is 2.90. The Morgan fingerprint density at radius 2 is 1.32 bits per heavy atom. The number of nitrogens with two attached hydrogens (primary N) is 1. The van der Waals surface area contributed by atoms with Crippen LogP contribution in [0.3, 0.4) is 0 Å². The van der Waals surface area contributed by atoms with Crippen LogP contribution in [0.25, 0.3) is 60.6 Å². The van der Waals surface area contributed by atoms with E-state index < -0.39 is 0 Å². The lowest BCUT2D eigenvalue weighted by Crippen LogP contribution is -2.10. The fraction of sp³-hybridized carbons (Fsp3) is 0.111. The lowest BCUT2D eigenvalue weighted by molar-refractivity contribution is 0.591. The molecule has 0 bridgehead atoms. The number of anilines is 1. The lowest BCUT2D eigenvalue weighted by Gasteiger charge is -2.23. The van der Waals surface area contributed by atoms with Gasteiger partial charge in [-0.05, 0) is 89.3 Å². The van der Waals surface area contributed by atoms with E-state index in [4.69, 9.17) is 5.73 Å². The predicted molar refractivity (Wildman–Crippen MR) is 163 cm³/mol. The Hall–Kier alpha value is -4.36. The van der Waals surface area contributed by atoms with Crippen LogP contribution in [0.1, 0.15) is 31.9 Å². The van der Waals surface area contributed by atoms with E-state index in [1.54, 1.807) is 6.08 Å². The molecule has 0 atom stereocenters. The SMILES string of the molecule is C=C/C=C\c1cc(-c2cc(-c3ccccc3)c3ccc4cc(C(C)(C)C)cc5ccc2c3c45)ccc1N. The minimum atomic E-state index is 0.0874. The van der Waals surface area contributed by atoms with Gasteiger partial charge in [-0.1, -0.05) is 118 Å². The van der Waals surface area contributed by atoms with E-state index in [0.29, 0.717) is 0 Å². The molecule has 0 aliphatic heterocycles. The molecule has 0 spiro atoms. The van der Waals surface area contributed by atoms with Crippen LogP contribution < -0.4 is 5.73 Å². The van der Waals surface area contributed by atoms with E-state index >= 15 is 0 Å². The van der Waals surface area contributed by atoms with Gasteiger partial charge >= 0.3 is 0 Å². The summed E-state index contributed by atoms with van der Waals surface area (Å²) < 4.78 is 0. The number of hydrogen-bond donors (Lipinski definition) is 1. The largest absolute Gasteiger partial charge is 0.398 e. The summed E-state index contributed by atoms with van der Waals surface area (Å²) in [6.07, 6.45) is 5.73. The highest BCUT2D eigenvalue weighted by Crippen LogP contribution is 2.45. The first-order valence-electron chi connectivity index (χ1n) is 12.9. The van der Waals surface area contributed by atoms with Crippen LogP contribution in [0.4, 0.5) is 5.69 Å². The number of nitrogen functional groups attached to an aromatic ring is 1. The van der Waals surface area contributed by atoms with Crippen molar-refractivity contribution in [2.24, 2.45) is 0 Å². The van der Waals surface area contributed by atoms with Crippen LogP contribution in [0.15, 0.2) is 110 Å². The molecule has 180 valence electrons. The lowest BCUT2D eigenvalue weighted by atomic mass is 9.81. The summed E-state index contributed by atoms with van der Waals surface area (Å²) in [7, 11) is 0. The molecule has 0 saturated carbocycles. The first kappa shape index (κ1) is 23.1. The Morgan fingerprint density at radius 1 is 0.676 bits per heavy atom. The van der Waals surface area contributed by atoms with Gasteiger partial charge in [-0.3, -0.25) is 0 Å². The summed E-state index contributed by atoms with van der Waals surface area (Å²) in [5.41, 5.74) is 14.4.